The number of hydrogen-bond donors (Lipinski definition) is 1. The number of methoxy groups -OCH3 is 1. The van der Waals surface area contributed by atoms with Gasteiger partial charge in [0.1, 0.15) is 0 Å². The van der Waals surface area contributed by atoms with E-state index in [1.807, 2.05) is 30.3 Å². The number of nitrogens with zero attached hydrogens (tertiary/aromatic N) is 1. The molecule has 0 atom stereocenters. The molecule has 0 aliphatic rings. The molecule has 0 fully saturated rings. The van der Waals surface area contributed by atoms with Gasteiger partial charge in [-0.2, -0.15) is 0 Å². The van der Waals surface area contributed by atoms with Crippen LogP contribution in [0.5, 0.6) is 11.5 Å². The molecule has 0 saturated heterocycles. The van der Waals surface area contributed by atoms with Crippen LogP contribution in [0.3, 0.4) is 0 Å². The second kappa shape index (κ2) is 9.54. The van der Waals surface area contributed by atoms with Gasteiger partial charge in [0.2, 0.25) is 0 Å². The highest BCUT2D eigenvalue weighted by Crippen LogP contribution is 2.36. The fraction of sp³-hybridized carbons (Fsp3) is 0.261. The summed E-state index contributed by atoms with van der Waals surface area (Å²) in [6.45, 7) is 5.48. The van der Waals surface area contributed by atoms with Crippen molar-refractivity contribution in [1.82, 2.24) is 4.98 Å². The number of hydrogen-bond acceptors (Lipinski definition) is 6. The first kappa shape index (κ1) is 21.5. The Labute approximate surface area is 179 Å². The van der Waals surface area contributed by atoms with Gasteiger partial charge in [0, 0.05) is 16.0 Å². The van der Waals surface area contributed by atoms with Gasteiger partial charge in [0.15, 0.2) is 29.0 Å². The molecule has 30 heavy (non-hydrogen) atoms. The molecule has 2 aromatic carbocycles. The van der Waals surface area contributed by atoms with Crippen molar-refractivity contribution < 1.29 is 19.1 Å². The molecule has 0 spiro atoms. The van der Waals surface area contributed by atoms with Crippen LogP contribution >= 0.6 is 11.3 Å². The Morgan fingerprint density at radius 1 is 1.10 bits per heavy atom. The number of ether oxygens (including phenoxy) is 2. The van der Waals surface area contributed by atoms with E-state index in [0.29, 0.717) is 22.2 Å². The number of rotatable bonds is 8. The predicted molar refractivity (Wildman–Crippen MR) is 119 cm³/mol. The Kier molecular flexibility index (Phi) is 6.84. The number of nitrogens with one attached hydrogen (secondary N) is 1. The lowest BCUT2D eigenvalue weighted by Gasteiger charge is -2.11. The van der Waals surface area contributed by atoms with Gasteiger partial charge >= 0.3 is 0 Å². The Bertz CT molecular complexity index is 1040. The van der Waals surface area contributed by atoms with Crippen LogP contribution in [0, 0.1) is 0 Å². The molecule has 1 N–H and O–H groups in total. The zero-order chi connectivity index (χ0) is 21.7. The van der Waals surface area contributed by atoms with Crippen LogP contribution in [0.1, 0.15) is 41.9 Å². The summed E-state index contributed by atoms with van der Waals surface area (Å²) in [5.41, 5.74) is 2.42. The molecule has 1 heterocycles. The van der Waals surface area contributed by atoms with Gasteiger partial charge in [0.25, 0.3) is 5.91 Å². The van der Waals surface area contributed by atoms with Crippen molar-refractivity contribution in [2.24, 2.45) is 0 Å². The topological polar surface area (TPSA) is 77.5 Å². The number of anilines is 1. The lowest BCUT2D eigenvalue weighted by molar-refractivity contribution is -0.118. The van der Waals surface area contributed by atoms with Crippen molar-refractivity contribution in [3.8, 4) is 22.8 Å². The molecule has 0 bridgehead atoms. The number of carbonyl (C=O) groups excluding carboxylic acids is 2. The third-order valence-electron chi connectivity index (χ3n) is 4.40. The van der Waals surface area contributed by atoms with E-state index in [4.69, 9.17) is 9.47 Å². The van der Waals surface area contributed by atoms with Crippen LogP contribution < -0.4 is 14.8 Å². The summed E-state index contributed by atoms with van der Waals surface area (Å²) in [5.74, 6) is 0.680. The van der Waals surface area contributed by atoms with Gasteiger partial charge in [-0.1, -0.05) is 44.2 Å². The molecule has 0 aliphatic carbocycles. The molecule has 0 aliphatic heterocycles. The number of Topliss-reactive ketones (excluding diaryl/α,β-unsaturated/α-hetero) is 1. The van der Waals surface area contributed by atoms with Crippen molar-refractivity contribution in [2.45, 2.75) is 26.7 Å². The molecular weight excluding hydrogens is 400 g/mol. The van der Waals surface area contributed by atoms with E-state index in [0.717, 1.165) is 16.1 Å². The minimum atomic E-state index is -0.323. The highest BCUT2D eigenvalue weighted by Gasteiger charge is 2.18. The molecule has 3 rings (SSSR count). The first-order chi connectivity index (χ1) is 14.4. The maximum absolute atomic E-state index is 12.4. The number of ketones is 1. The van der Waals surface area contributed by atoms with Crippen LogP contribution in [0.2, 0.25) is 0 Å². The van der Waals surface area contributed by atoms with Gasteiger partial charge in [-0.3, -0.25) is 14.9 Å². The summed E-state index contributed by atoms with van der Waals surface area (Å²) < 4.78 is 10.9. The van der Waals surface area contributed by atoms with Gasteiger partial charge in [0.05, 0.1) is 12.8 Å². The standard InChI is InChI=1S/C23H24N2O4S/c1-14(2)22-21(16-8-6-5-7-9-16)25-23(30-22)24-20(27)13-29-18-11-10-17(15(3)26)12-19(18)28-4/h5-12,14H,13H2,1-4H3,(H,24,25,27). The van der Waals surface area contributed by atoms with E-state index < -0.39 is 0 Å². The van der Waals surface area contributed by atoms with Crippen molar-refractivity contribution >= 4 is 28.2 Å². The second-order valence-corrected chi connectivity index (χ2v) is 8.04. The minimum absolute atomic E-state index is 0.0726. The summed E-state index contributed by atoms with van der Waals surface area (Å²) in [7, 11) is 1.49. The maximum atomic E-state index is 12.4. The van der Waals surface area contributed by atoms with Crippen LogP contribution in [0.15, 0.2) is 48.5 Å². The molecule has 6 nitrogen and oxygen atoms in total. The minimum Gasteiger partial charge on any atom is -0.493 e. The van der Waals surface area contributed by atoms with Crippen LogP contribution in [0.25, 0.3) is 11.3 Å². The highest BCUT2D eigenvalue weighted by molar-refractivity contribution is 7.16. The lowest BCUT2D eigenvalue weighted by Crippen LogP contribution is -2.20. The quantitative estimate of drug-likeness (QED) is 0.505. The first-order valence-electron chi connectivity index (χ1n) is 9.56. The number of carbonyl (C=O) groups is 2. The average Bonchev–Trinajstić information content (AvgIpc) is 3.16. The van der Waals surface area contributed by atoms with Crippen molar-refractivity contribution in [3.05, 3.63) is 59.0 Å². The molecule has 7 heteroatoms. The van der Waals surface area contributed by atoms with Crippen molar-refractivity contribution in [1.29, 1.82) is 0 Å². The summed E-state index contributed by atoms with van der Waals surface area (Å²) in [4.78, 5) is 29.7. The Morgan fingerprint density at radius 2 is 1.83 bits per heavy atom. The molecule has 3 aromatic rings. The van der Waals surface area contributed by atoms with Gasteiger partial charge in [-0.05, 0) is 31.0 Å². The van der Waals surface area contributed by atoms with Crippen molar-refractivity contribution in [2.75, 3.05) is 19.0 Å². The van der Waals surface area contributed by atoms with Gasteiger partial charge in [-0.15, -0.1) is 11.3 Å². The molecule has 1 aromatic heterocycles. The van der Waals surface area contributed by atoms with Gasteiger partial charge < -0.3 is 9.47 Å². The van der Waals surface area contributed by atoms with E-state index in [2.05, 4.69) is 24.1 Å². The fourth-order valence-electron chi connectivity index (χ4n) is 2.88. The highest BCUT2D eigenvalue weighted by atomic mass is 32.1. The summed E-state index contributed by atoms with van der Waals surface area (Å²) in [5, 5.41) is 3.35. The van der Waals surface area contributed by atoms with Crippen LogP contribution in [0.4, 0.5) is 5.13 Å². The third-order valence-corrected chi connectivity index (χ3v) is 5.67. The van der Waals surface area contributed by atoms with E-state index in [-0.39, 0.29) is 24.2 Å². The fourth-order valence-corrected chi connectivity index (χ4v) is 3.89. The zero-order valence-electron chi connectivity index (χ0n) is 17.4. The summed E-state index contributed by atoms with van der Waals surface area (Å²) in [6.07, 6.45) is 0. The van der Waals surface area contributed by atoms with Crippen LogP contribution in [-0.4, -0.2) is 30.4 Å². The molecule has 0 saturated carbocycles. The molecule has 0 unspecified atom stereocenters. The predicted octanol–water partition coefficient (Wildman–Crippen LogP) is 5.16. The molecule has 0 radical (unpaired) electrons. The Hall–Kier alpha value is -3.19. The summed E-state index contributed by atoms with van der Waals surface area (Å²) in [6, 6.07) is 14.8. The molecule has 1 amide bonds. The number of aromatic nitrogens is 1. The Balaban J connectivity index is 1.71. The van der Waals surface area contributed by atoms with E-state index in [1.165, 1.54) is 25.4 Å². The zero-order valence-corrected chi connectivity index (χ0v) is 18.2. The smallest absolute Gasteiger partial charge is 0.264 e. The van der Waals surface area contributed by atoms with Crippen molar-refractivity contribution in [3.63, 3.8) is 0 Å². The van der Waals surface area contributed by atoms with Crippen LogP contribution in [-0.2, 0) is 4.79 Å². The number of amides is 1. The summed E-state index contributed by atoms with van der Waals surface area (Å²) >= 11 is 1.46. The van der Waals surface area contributed by atoms with Gasteiger partial charge in [-0.25, -0.2) is 4.98 Å². The second-order valence-electron chi connectivity index (χ2n) is 7.01. The van der Waals surface area contributed by atoms with E-state index in [9.17, 15) is 9.59 Å². The molecule has 156 valence electrons. The maximum Gasteiger partial charge on any atom is 0.264 e. The van der Waals surface area contributed by atoms with E-state index in [1.54, 1.807) is 18.2 Å². The number of benzene rings is 2. The lowest BCUT2D eigenvalue weighted by atomic mass is 10.1. The Morgan fingerprint density at radius 3 is 2.47 bits per heavy atom. The third kappa shape index (κ3) is 5.04. The monoisotopic (exact) mass is 424 g/mol. The average molecular weight is 425 g/mol. The first-order valence-corrected chi connectivity index (χ1v) is 10.4. The largest absolute Gasteiger partial charge is 0.493 e. The normalized spacial score (nSPS) is 10.7. The SMILES string of the molecule is COc1cc(C(C)=O)ccc1OCC(=O)Nc1nc(-c2ccccc2)c(C(C)C)s1. The molecular formula is C23H24N2O4S. The number of thiazole rings is 1. The van der Waals surface area contributed by atoms with E-state index >= 15 is 0 Å².